The molecule has 0 spiro atoms. The number of hydrogen-bond donors (Lipinski definition) is 2. The van der Waals surface area contributed by atoms with E-state index in [0.29, 0.717) is 0 Å². The molecule has 0 amide bonds. The summed E-state index contributed by atoms with van der Waals surface area (Å²) in [6, 6.07) is 14.5. The fraction of sp³-hybridized carbons (Fsp3) is 0.0769. The van der Waals surface area contributed by atoms with E-state index in [1.807, 2.05) is 24.4 Å². The predicted molar refractivity (Wildman–Crippen MR) is 73.7 cm³/mol. The summed E-state index contributed by atoms with van der Waals surface area (Å²) in [7, 11) is 0. The van der Waals surface area contributed by atoms with E-state index in [4.69, 9.17) is 5.26 Å². The Kier molecular flexibility index (Phi) is 2.79. The molecular formula is C13H10N4S. The Balaban J connectivity index is 1.90. The van der Waals surface area contributed by atoms with Gasteiger partial charge in [0.15, 0.2) is 11.7 Å². The first-order valence-corrected chi connectivity index (χ1v) is 6.38. The third-order valence-corrected chi connectivity index (χ3v) is 3.71. The van der Waals surface area contributed by atoms with Gasteiger partial charge in [0.25, 0.3) is 0 Å². The smallest absolute Gasteiger partial charge is 0.179 e. The van der Waals surface area contributed by atoms with Crippen molar-refractivity contribution in [3.63, 3.8) is 0 Å². The fourth-order valence-corrected chi connectivity index (χ4v) is 2.67. The quantitative estimate of drug-likeness (QED) is 0.637. The second kappa shape index (κ2) is 4.59. The second-order valence-electron chi connectivity index (χ2n) is 3.86. The third-order valence-electron chi connectivity index (χ3n) is 2.70. The van der Waals surface area contributed by atoms with Crippen molar-refractivity contribution in [1.82, 2.24) is 10.7 Å². The largest absolute Gasteiger partial charge is 0.292 e. The molecule has 2 aromatic carbocycles. The molecule has 0 radical (unpaired) electrons. The van der Waals surface area contributed by atoms with E-state index in [-0.39, 0.29) is 5.50 Å². The van der Waals surface area contributed by atoms with Crippen molar-refractivity contribution in [2.75, 3.05) is 0 Å². The molecule has 1 aliphatic rings. The molecule has 1 atom stereocenters. The lowest BCUT2D eigenvalue weighted by Crippen LogP contribution is -2.29. The highest BCUT2D eigenvalue weighted by molar-refractivity contribution is 8.15. The van der Waals surface area contributed by atoms with Crippen LogP contribution in [0.2, 0.25) is 0 Å². The van der Waals surface area contributed by atoms with Crippen LogP contribution in [0.15, 0.2) is 47.6 Å². The SMILES string of the molecule is N#CNC1NN=C(c2ccc3ccccc3c2)S1. The molecule has 0 saturated heterocycles. The first-order chi connectivity index (χ1) is 8.86. The van der Waals surface area contributed by atoms with Crippen LogP contribution in [0.25, 0.3) is 10.8 Å². The maximum absolute atomic E-state index is 8.56. The van der Waals surface area contributed by atoms with E-state index < -0.39 is 0 Å². The highest BCUT2D eigenvalue weighted by atomic mass is 32.2. The zero-order chi connectivity index (χ0) is 12.4. The molecule has 18 heavy (non-hydrogen) atoms. The Hall–Kier alpha value is -2.19. The monoisotopic (exact) mass is 254 g/mol. The number of hydrazone groups is 1. The zero-order valence-corrected chi connectivity index (χ0v) is 10.2. The molecule has 0 aromatic heterocycles. The number of benzene rings is 2. The van der Waals surface area contributed by atoms with Crippen molar-refractivity contribution in [2.45, 2.75) is 5.50 Å². The molecule has 0 fully saturated rings. The molecule has 2 N–H and O–H groups in total. The summed E-state index contributed by atoms with van der Waals surface area (Å²) < 4.78 is 0. The third kappa shape index (κ3) is 1.98. The van der Waals surface area contributed by atoms with Gasteiger partial charge in [-0.15, -0.1) is 0 Å². The van der Waals surface area contributed by atoms with E-state index in [0.717, 1.165) is 10.6 Å². The Morgan fingerprint density at radius 2 is 2.06 bits per heavy atom. The standard InChI is InChI=1S/C13H10N4S/c14-8-15-13-17-16-12(18-13)11-6-5-9-3-1-2-4-10(9)7-11/h1-7,13,15,17H. The molecule has 5 heteroatoms. The summed E-state index contributed by atoms with van der Waals surface area (Å²) in [6.45, 7) is 0. The van der Waals surface area contributed by atoms with Crippen LogP contribution >= 0.6 is 11.8 Å². The number of thioether (sulfide) groups is 1. The second-order valence-corrected chi connectivity index (χ2v) is 4.96. The molecule has 3 rings (SSSR count). The van der Waals surface area contributed by atoms with Crippen LogP contribution in [0.5, 0.6) is 0 Å². The van der Waals surface area contributed by atoms with E-state index >= 15 is 0 Å². The lowest BCUT2D eigenvalue weighted by molar-refractivity contribution is 0.659. The van der Waals surface area contributed by atoms with Gasteiger partial charge < -0.3 is 0 Å². The van der Waals surface area contributed by atoms with Crippen molar-refractivity contribution in [3.05, 3.63) is 48.0 Å². The minimum absolute atomic E-state index is 0.170. The molecule has 0 saturated carbocycles. The Morgan fingerprint density at radius 1 is 1.22 bits per heavy atom. The number of fused-ring (bicyclic) bond motifs is 1. The van der Waals surface area contributed by atoms with Crippen LogP contribution in [0.1, 0.15) is 5.56 Å². The van der Waals surface area contributed by atoms with Gasteiger partial charge in [-0.1, -0.05) is 48.2 Å². The van der Waals surface area contributed by atoms with E-state index in [9.17, 15) is 0 Å². The lowest BCUT2D eigenvalue weighted by Gasteiger charge is -2.05. The van der Waals surface area contributed by atoms with Crippen molar-refractivity contribution < 1.29 is 0 Å². The lowest BCUT2D eigenvalue weighted by atomic mass is 10.1. The molecule has 2 aromatic rings. The summed E-state index contributed by atoms with van der Waals surface area (Å²) in [6.07, 6.45) is 1.90. The Bertz CT molecular complexity index is 659. The van der Waals surface area contributed by atoms with Gasteiger partial charge in [0.1, 0.15) is 5.04 Å². The highest BCUT2D eigenvalue weighted by Crippen LogP contribution is 2.24. The van der Waals surface area contributed by atoms with Crippen LogP contribution < -0.4 is 10.7 Å². The maximum Gasteiger partial charge on any atom is 0.179 e. The highest BCUT2D eigenvalue weighted by Gasteiger charge is 2.19. The molecule has 0 bridgehead atoms. The molecule has 1 aliphatic heterocycles. The molecule has 1 heterocycles. The number of hydrogen-bond acceptors (Lipinski definition) is 5. The van der Waals surface area contributed by atoms with Gasteiger partial charge in [-0.2, -0.15) is 10.4 Å². The summed E-state index contributed by atoms with van der Waals surface area (Å²) in [5.74, 6) is 0. The van der Waals surface area contributed by atoms with Gasteiger partial charge in [-0.05, 0) is 16.8 Å². The van der Waals surface area contributed by atoms with E-state index in [1.165, 1.54) is 22.5 Å². The maximum atomic E-state index is 8.56. The number of rotatable bonds is 2. The van der Waals surface area contributed by atoms with Crippen molar-refractivity contribution in [3.8, 4) is 6.19 Å². The Morgan fingerprint density at radius 3 is 2.89 bits per heavy atom. The van der Waals surface area contributed by atoms with Crippen molar-refractivity contribution in [2.24, 2.45) is 5.10 Å². The van der Waals surface area contributed by atoms with Crippen molar-refractivity contribution >= 4 is 27.6 Å². The van der Waals surface area contributed by atoms with Crippen molar-refractivity contribution in [1.29, 1.82) is 5.26 Å². The van der Waals surface area contributed by atoms with Crippen LogP contribution in [0.4, 0.5) is 0 Å². The average Bonchev–Trinajstić information content (AvgIpc) is 2.87. The van der Waals surface area contributed by atoms with E-state index in [2.05, 4.69) is 40.1 Å². The molecule has 88 valence electrons. The van der Waals surface area contributed by atoms with Gasteiger partial charge in [0.2, 0.25) is 0 Å². The number of nitrogens with zero attached hydrogens (tertiary/aromatic N) is 2. The van der Waals surface area contributed by atoms with Crippen LogP contribution in [-0.2, 0) is 0 Å². The first kappa shape index (κ1) is 10.9. The van der Waals surface area contributed by atoms with Gasteiger partial charge in [-0.3, -0.25) is 10.7 Å². The zero-order valence-electron chi connectivity index (χ0n) is 9.42. The molecule has 4 nitrogen and oxygen atoms in total. The average molecular weight is 254 g/mol. The minimum atomic E-state index is -0.170. The summed E-state index contributed by atoms with van der Waals surface area (Å²) in [4.78, 5) is 0. The van der Waals surface area contributed by atoms with Gasteiger partial charge in [-0.25, -0.2) is 0 Å². The molecule has 0 aliphatic carbocycles. The minimum Gasteiger partial charge on any atom is -0.292 e. The van der Waals surface area contributed by atoms with Gasteiger partial charge in [0.05, 0.1) is 0 Å². The Labute approximate surface area is 109 Å². The van der Waals surface area contributed by atoms with Crippen LogP contribution in [0, 0.1) is 11.5 Å². The molecular weight excluding hydrogens is 244 g/mol. The van der Waals surface area contributed by atoms with Gasteiger partial charge >= 0.3 is 0 Å². The van der Waals surface area contributed by atoms with E-state index in [1.54, 1.807) is 0 Å². The van der Waals surface area contributed by atoms with Crippen LogP contribution in [0.3, 0.4) is 0 Å². The summed E-state index contributed by atoms with van der Waals surface area (Å²) in [5.41, 5.74) is 3.76. The topological polar surface area (TPSA) is 60.2 Å². The number of nitriles is 1. The normalized spacial score (nSPS) is 17.9. The van der Waals surface area contributed by atoms with Crippen LogP contribution in [-0.4, -0.2) is 10.5 Å². The summed E-state index contributed by atoms with van der Waals surface area (Å²) in [5, 5.41) is 18.7. The fourth-order valence-electron chi connectivity index (χ4n) is 1.86. The molecule has 1 unspecified atom stereocenters. The summed E-state index contributed by atoms with van der Waals surface area (Å²) >= 11 is 1.50. The predicted octanol–water partition coefficient (Wildman–Crippen LogP) is 2.19. The number of nitrogens with one attached hydrogen (secondary N) is 2. The first-order valence-electron chi connectivity index (χ1n) is 5.50. The van der Waals surface area contributed by atoms with Gasteiger partial charge in [0, 0.05) is 5.56 Å².